The molecule has 0 saturated carbocycles. The number of hydrogen-bond donors (Lipinski definition) is 1. The molecule has 0 aromatic carbocycles. The van der Waals surface area contributed by atoms with Crippen LogP contribution in [0.5, 0.6) is 0 Å². The van der Waals surface area contributed by atoms with Crippen LogP contribution in [0, 0.1) is 0 Å². The number of carbonyl (C=O) groups is 2. The number of ether oxygens (including phenoxy) is 2. The summed E-state index contributed by atoms with van der Waals surface area (Å²) in [6.07, 6.45) is 91.4. The first-order chi connectivity index (χ1) is 39.1. The summed E-state index contributed by atoms with van der Waals surface area (Å²) in [7, 11) is 0. The molecule has 0 heterocycles. The van der Waals surface area contributed by atoms with Crippen LogP contribution < -0.4 is 0 Å². The molecule has 0 rings (SSSR count). The quantitative estimate of drug-likeness (QED) is 0.0373. The van der Waals surface area contributed by atoms with Crippen LogP contribution in [-0.4, -0.2) is 36.4 Å². The number of unbranched alkanes of at least 4 members (excludes halogenated alkanes) is 60. The zero-order chi connectivity index (χ0) is 56.9. The fraction of sp³-hybridized carbons (Fsp3) is 0.946. The lowest BCUT2D eigenvalue weighted by Crippen LogP contribution is -2.28. The number of carbonyl (C=O) groups excluding carboxylic acids is 2. The van der Waals surface area contributed by atoms with Gasteiger partial charge in [0.15, 0.2) is 6.10 Å². The first kappa shape index (κ1) is 77.6. The summed E-state index contributed by atoms with van der Waals surface area (Å²) in [4.78, 5) is 24.7. The Bertz CT molecular complexity index is 1170. The summed E-state index contributed by atoms with van der Waals surface area (Å²) < 4.78 is 10.8. The lowest BCUT2D eigenvalue weighted by atomic mass is 10.0. The Morgan fingerprint density at radius 3 is 0.684 bits per heavy atom. The molecule has 470 valence electrons. The van der Waals surface area contributed by atoms with Gasteiger partial charge >= 0.3 is 11.9 Å². The average Bonchev–Trinajstić information content (AvgIpc) is 3.45. The third kappa shape index (κ3) is 69.0. The highest BCUT2D eigenvalue weighted by atomic mass is 16.6. The molecule has 0 aliphatic rings. The van der Waals surface area contributed by atoms with Crippen molar-refractivity contribution < 1.29 is 24.2 Å². The maximum Gasteiger partial charge on any atom is 0.306 e. The van der Waals surface area contributed by atoms with Gasteiger partial charge in [-0.15, -0.1) is 0 Å². The van der Waals surface area contributed by atoms with Crippen molar-refractivity contribution in [1.82, 2.24) is 0 Å². The first-order valence-corrected chi connectivity index (χ1v) is 36.7. The van der Waals surface area contributed by atoms with Gasteiger partial charge < -0.3 is 14.6 Å². The van der Waals surface area contributed by atoms with E-state index >= 15 is 0 Å². The zero-order valence-electron chi connectivity index (χ0n) is 54.2. The molecule has 5 nitrogen and oxygen atoms in total. The third-order valence-corrected chi connectivity index (χ3v) is 17.3. The molecule has 0 aliphatic carbocycles. The van der Waals surface area contributed by atoms with Gasteiger partial charge in [-0.25, -0.2) is 0 Å². The number of aliphatic hydroxyl groups excluding tert-OH is 1. The van der Waals surface area contributed by atoms with Gasteiger partial charge in [0.05, 0.1) is 6.61 Å². The van der Waals surface area contributed by atoms with Gasteiger partial charge in [-0.05, 0) is 38.5 Å². The largest absolute Gasteiger partial charge is 0.462 e. The van der Waals surface area contributed by atoms with Crippen molar-refractivity contribution in [2.24, 2.45) is 0 Å². The molecule has 0 radical (unpaired) electrons. The fourth-order valence-electron chi connectivity index (χ4n) is 11.8. The van der Waals surface area contributed by atoms with E-state index in [9.17, 15) is 14.7 Å². The molecule has 0 spiro atoms. The molecule has 0 fully saturated rings. The molecule has 0 aromatic heterocycles. The van der Waals surface area contributed by atoms with Crippen LogP contribution in [-0.2, 0) is 19.1 Å². The standard InChI is InChI=1S/C74H144O5/c1-3-5-7-9-11-13-15-17-19-21-23-25-27-29-31-33-35-36-37-39-40-42-44-46-48-50-52-54-56-58-60-62-64-66-68-73(76)78-71-72(70-75)79-74(77)69-67-65-63-61-59-57-55-53-51-49-47-45-43-41-38-34-32-30-28-26-24-22-20-18-16-14-12-10-8-6-4-2/h22,24,72,75H,3-21,23,25-71H2,1-2H3/b24-22-. The minimum Gasteiger partial charge on any atom is -0.462 e. The van der Waals surface area contributed by atoms with Gasteiger partial charge in [0.25, 0.3) is 0 Å². The minimum atomic E-state index is -0.767. The van der Waals surface area contributed by atoms with Crippen molar-refractivity contribution in [3.63, 3.8) is 0 Å². The van der Waals surface area contributed by atoms with Crippen molar-refractivity contribution in [1.29, 1.82) is 0 Å². The Balaban J connectivity index is 3.35. The second-order valence-electron chi connectivity index (χ2n) is 25.4. The molecular formula is C74H144O5. The summed E-state index contributed by atoms with van der Waals surface area (Å²) in [5.74, 6) is -0.560. The van der Waals surface area contributed by atoms with Crippen molar-refractivity contribution in [2.75, 3.05) is 13.2 Å². The highest BCUT2D eigenvalue weighted by Crippen LogP contribution is 2.20. The van der Waals surface area contributed by atoms with Crippen LogP contribution in [0.4, 0.5) is 0 Å². The van der Waals surface area contributed by atoms with Gasteiger partial charge in [-0.3, -0.25) is 9.59 Å². The van der Waals surface area contributed by atoms with Gasteiger partial charge in [0.2, 0.25) is 0 Å². The van der Waals surface area contributed by atoms with Crippen LogP contribution in [0.2, 0.25) is 0 Å². The summed E-state index contributed by atoms with van der Waals surface area (Å²) in [6.45, 7) is 4.22. The Hall–Kier alpha value is -1.36. The number of rotatable bonds is 70. The topological polar surface area (TPSA) is 72.8 Å². The highest BCUT2D eigenvalue weighted by Gasteiger charge is 2.16. The highest BCUT2D eigenvalue weighted by molar-refractivity contribution is 5.70. The van der Waals surface area contributed by atoms with Gasteiger partial charge in [-0.1, -0.05) is 392 Å². The van der Waals surface area contributed by atoms with Crippen LogP contribution in [0.25, 0.3) is 0 Å². The van der Waals surface area contributed by atoms with E-state index in [4.69, 9.17) is 9.47 Å². The number of hydrogen-bond acceptors (Lipinski definition) is 5. The van der Waals surface area contributed by atoms with Crippen molar-refractivity contribution >= 4 is 11.9 Å². The first-order valence-electron chi connectivity index (χ1n) is 36.7. The Labute approximate surface area is 496 Å². The third-order valence-electron chi connectivity index (χ3n) is 17.3. The Morgan fingerprint density at radius 2 is 0.468 bits per heavy atom. The maximum absolute atomic E-state index is 12.4. The number of esters is 2. The van der Waals surface area contributed by atoms with Gasteiger partial charge in [0.1, 0.15) is 6.61 Å². The van der Waals surface area contributed by atoms with E-state index in [1.54, 1.807) is 0 Å². The van der Waals surface area contributed by atoms with Gasteiger partial charge in [-0.2, -0.15) is 0 Å². The minimum absolute atomic E-state index is 0.0566. The van der Waals surface area contributed by atoms with Gasteiger partial charge in [0, 0.05) is 12.8 Å². The van der Waals surface area contributed by atoms with E-state index in [0.29, 0.717) is 12.8 Å². The van der Waals surface area contributed by atoms with E-state index < -0.39 is 6.10 Å². The summed E-state index contributed by atoms with van der Waals surface area (Å²) >= 11 is 0. The SMILES string of the molecule is CCCCCCCCCC/C=C\CCCCCCCCCCCCCCCCCCCCCC(=O)OC(CO)COC(=O)CCCCCCCCCCCCCCCCCCCCCCCCCCCCCCCCCCCC. The van der Waals surface area contributed by atoms with E-state index in [-0.39, 0.29) is 25.2 Å². The van der Waals surface area contributed by atoms with E-state index in [2.05, 4.69) is 26.0 Å². The molecule has 5 heteroatoms. The summed E-state index contributed by atoms with van der Waals surface area (Å²) in [6, 6.07) is 0. The van der Waals surface area contributed by atoms with Crippen molar-refractivity contribution in [3.05, 3.63) is 12.2 Å². The summed E-state index contributed by atoms with van der Waals surface area (Å²) in [5.41, 5.74) is 0. The molecule has 0 bridgehead atoms. The zero-order valence-corrected chi connectivity index (χ0v) is 54.2. The van der Waals surface area contributed by atoms with Crippen molar-refractivity contribution in [2.45, 2.75) is 437 Å². The lowest BCUT2D eigenvalue weighted by Gasteiger charge is -2.15. The average molecular weight is 1110 g/mol. The number of aliphatic hydroxyl groups is 1. The second kappa shape index (κ2) is 70.9. The molecular weight excluding hydrogens is 969 g/mol. The predicted molar refractivity (Wildman–Crippen MR) is 349 cm³/mol. The smallest absolute Gasteiger partial charge is 0.306 e. The Kier molecular flexibility index (Phi) is 69.7. The fourth-order valence-corrected chi connectivity index (χ4v) is 11.8. The molecule has 0 aromatic rings. The molecule has 1 N–H and O–H groups in total. The second-order valence-corrected chi connectivity index (χ2v) is 25.4. The maximum atomic E-state index is 12.4. The van der Waals surface area contributed by atoms with E-state index in [0.717, 1.165) is 32.1 Å². The van der Waals surface area contributed by atoms with Crippen LogP contribution in [0.15, 0.2) is 12.2 Å². The predicted octanol–water partition coefficient (Wildman–Crippen LogP) is 25.4. The molecule has 0 saturated heterocycles. The van der Waals surface area contributed by atoms with Crippen LogP contribution in [0.3, 0.4) is 0 Å². The van der Waals surface area contributed by atoms with Crippen molar-refractivity contribution in [3.8, 4) is 0 Å². The van der Waals surface area contributed by atoms with E-state index in [1.165, 1.54) is 372 Å². The molecule has 0 amide bonds. The van der Waals surface area contributed by atoms with Crippen LogP contribution in [0.1, 0.15) is 431 Å². The molecule has 0 aliphatic heterocycles. The van der Waals surface area contributed by atoms with Crippen LogP contribution >= 0.6 is 0 Å². The monoisotopic (exact) mass is 1110 g/mol. The molecule has 1 unspecified atom stereocenters. The molecule has 79 heavy (non-hydrogen) atoms. The Morgan fingerprint density at radius 1 is 0.278 bits per heavy atom. The summed E-state index contributed by atoms with van der Waals surface area (Å²) in [5, 5.41) is 9.71. The lowest BCUT2D eigenvalue weighted by molar-refractivity contribution is -0.161. The van der Waals surface area contributed by atoms with E-state index in [1.807, 2.05) is 0 Å². The molecule has 1 atom stereocenters. The normalized spacial score (nSPS) is 12.1. The number of allylic oxidation sites excluding steroid dienone is 2.